The Morgan fingerprint density at radius 2 is 1.67 bits per heavy atom. The van der Waals surface area contributed by atoms with Gasteiger partial charge in [0.15, 0.2) is 10.1 Å². The Morgan fingerprint density at radius 3 is 2.08 bits per heavy atom. The number of rotatable bonds is 2. The van der Waals surface area contributed by atoms with Crippen LogP contribution in [0.4, 0.5) is 26.3 Å². The SMILES string of the molecule is CC[n+]1c(SC(F)(F)F)sc2ccccc21.O=S(=O)([O-])C(F)(F)F. The highest BCUT2D eigenvalue weighted by Gasteiger charge is 2.37. The van der Waals surface area contributed by atoms with Gasteiger partial charge in [-0.25, -0.2) is 8.42 Å². The largest absolute Gasteiger partial charge is 0.741 e. The molecule has 0 radical (unpaired) electrons. The van der Waals surface area contributed by atoms with Gasteiger partial charge >= 0.3 is 15.4 Å². The normalized spacial score (nSPS) is 12.8. The number of hydrogen-bond donors (Lipinski definition) is 0. The molecule has 0 bridgehead atoms. The van der Waals surface area contributed by atoms with Crippen molar-refractivity contribution in [3.63, 3.8) is 0 Å². The van der Waals surface area contributed by atoms with Gasteiger partial charge in [0.2, 0.25) is 5.52 Å². The zero-order chi connectivity index (χ0) is 18.8. The van der Waals surface area contributed by atoms with Crippen LogP contribution in [0.15, 0.2) is 28.6 Å². The average molecular weight is 413 g/mol. The smallest absolute Gasteiger partial charge is 0.485 e. The van der Waals surface area contributed by atoms with Crippen molar-refractivity contribution in [3.05, 3.63) is 24.3 Å². The van der Waals surface area contributed by atoms with Gasteiger partial charge in [-0.3, -0.25) is 0 Å². The second kappa shape index (κ2) is 7.45. The number of hydrogen-bond acceptors (Lipinski definition) is 5. The first-order valence-corrected chi connectivity index (χ1v) is 8.99. The lowest BCUT2D eigenvalue weighted by molar-refractivity contribution is -0.698. The molecule has 1 heterocycles. The minimum atomic E-state index is -6.09. The highest BCUT2D eigenvalue weighted by Crippen LogP contribution is 2.39. The van der Waals surface area contributed by atoms with Crippen molar-refractivity contribution in [2.24, 2.45) is 0 Å². The van der Waals surface area contributed by atoms with Crippen LogP contribution in [0.1, 0.15) is 6.92 Å². The van der Waals surface area contributed by atoms with Gasteiger partial charge in [0.1, 0.15) is 11.2 Å². The van der Waals surface area contributed by atoms with Crippen molar-refractivity contribution >= 4 is 43.4 Å². The summed E-state index contributed by atoms with van der Waals surface area (Å²) in [6.07, 6.45) is 0. The van der Waals surface area contributed by atoms with Crippen LogP contribution in [0, 0.1) is 0 Å². The van der Waals surface area contributed by atoms with Crippen LogP contribution in [-0.4, -0.2) is 24.0 Å². The maximum Gasteiger partial charge on any atom is 0.485 e. The fraction of sp³-hybridized carbons (Fsp3) is 0.364. The lowest BCUT2D eigenvalue weighted by Gasteiger charge is -2.08. The summed E-state index contributed by atoms with van der Waals surface area (Å²) >= 11 is 1.14. The quantitative estimate of drug-likeness (QED) is 0.247. The molecule has 0 aliphatic rings. The van der Waals surface area contributed by atoms with Gasteiger partial charge in [-0.15, -0.1) is 0 Å². The van der Waals surface area contributed by atoms with E-state index in [4.69, 9.17) is 13.0 Å². The summed E-state index contributed by atoms with van der Waals surface area (Å²) < 4.78 is 98.8. The third-order valence-electron chi connectivity index (χ3n) is 2.38. The van der Waals surface area contributed by atoms with Crippen molar-refractivity contribution in [2.45, 2.75) is 28.8 Å². The van der Waals surface area contributed by atoms with E-state index in [1.807, 2.05) is 31.2 Å². The second-order valence-corrected chi connectivity index (χ2v) is 7.74. The number of para-hydroxylation sites is 1. The van der Waals surface area contributed by atoms with E-state index in [0.717, 1.165) is 10.2 Å². The summed E-state index contributed by atoms with van der Waals surface area (Å²) in [5.74, 6) is 0. The molecule has 2 rings (SSSR count). The van der Waals surface area contributed by atoms with Gasteiger partial charge in [0.05, 0.1) is 11.8 Å². The molecule has 0 saturated heterocycles. The van der Waals surface area contributed by atoms with Crippen LogP contribution < -0.4 is 4.57 Å². The monoisotopic (exact) mass is 413 g/mol. The molecule has 0 fully saturated rings. The predicted octanol–water partition coefficient (Wildman–Crippen LogP) is 3.87. The first-order chi connectivity index (χ1) is 10.8. The molecule has 136 valence electrons. The van der Waals surface area contributed by atoms with Crippen LogP contribution in [0.25, 0.3) is 10.2 Å². The highest BCUT2D eigenvalue weighted by molar-refractivity contribution is 8.01. The van der Waals surface area contributed by atoms with E-state index in [-0.39, 0.29) is 16.1 Å². The van der Waals surface area contributed by atoms with Gasteiger partial charge in [-0.1, -0.05) is 23.5 Å². The Morgan fingerprint density at radius 1 is 1.17 bits per heavy atom. The van der Waals surface area contributed by atoms with E-state index in [1.54, 1.807) is 4.57 Å². The Balaban J connectivity index is 0.000000307. The topological polar surface area (TPSA) is 61.1 Å². The van der Waals surface area contributed by atoms with E-state index in [1.165, 1.54) is 11.3 Å². The first-order valence-electron chi connectivity index (χ1n) is 5.95. The molecule has 1 aromatic heterocycles. The Hall–Kier alpha value is -1.05. The average Bonchev–Trinajstić information content (AvgIpc) is 2.71. The summed E-state index contributed by atoms with van der Waals surface area (Å²) in [6.45, 7) is 2.39. The number of fused-ring (bicyclic) bond motifs is 1. The number of thiazole rings is 1. The molecule has 1 aromatic carbocycles. The number of aromatic nitrogens is 1. The molecule has 2 aromatic rings. The molecule has 24 heavy (non-hydrogen) atoms. The number of thioether (sulfide) groups is 1. The van der Waals surface area contributed by atoms with E-state index < -0.39 is 21.1 Å². The van der Waals surface area contributed by atoms with Crippen LogP contribution in [-0.2, 0) is 16.7 Å². The highest BCUT2D eigenvalue weighted by atomic mass is 32.2. The predicted molar refractivity (Wildman–Crippen MR) is 75.4 cm³/mol. The lowest BCUT2D eigenvalue weighted by Crippen LogP contribution is -2.33. The zero-order valence-electron chi connectivity index (χ0n) is 11.7. The lowest BCUT2D eigenvalue weighted by atomic mass is 10.3. The molecule has 0 amide bonds. The third-order valence-corrected chi connectivity index (χ3v) is 5.03. The molecule has 0 N–H and O–H groups in total. The minimum Gasteiger partial charge on any atom is -0.741 e. The molecule has 0 unspecified atom stereocenters. The van der Waals surface area contributed by atoms with E-state index in [0.29, 0.717) is 6.54 Å². The maximum absolute atomic E-state index is 12.3. The van der Waals surface area contributed by atoms with Gasteiger partial charge in [0.25, 0.3) is 0 Å². The molecular weight excluding hydrogens is 404 g/mol. The summed E-state index contributed by atoms with van der Waals surface area (Å²) in [6, 6.07) is 7.35. The van der Waals surface area contributed by atoms with Crippen molar-refractivity contribution in [3.8, 4) is 0 Å². The summed E-state index contributed by atoms with van der Waals surface area (Å²) in [5.41, 5.74) is -9.01. The van der Waals surface area contributed by atoms with Crippen molar-refractivity contribution in [1.29, 1.82) is 0 Å². The molecule has 0 atom stereocenters. The number of aryl methyl sites for hydroxylation is 1. The number of nitrogens with zero attached hydrogens (tertiary/aromatic N) is 1. The van der Waals surface area contributed by atoms with E-state index in [2.05, 4.69) is 0 Å². The number of benzene rings is 1. The van der Waals surface area contributed by atoms with Crippen LogP contribution in [0.3, 0.4) is 0 Å². The van der Waals surface area contributed by atoms with E-state index >= 15 is 0 Å². The third kappa shape index (κ3) is 5.79. The molecule has 0 aliphatic heterocycles. The van der Waals surface area contributed by atoms with Gasteiger partial charge in [-0.2, -0.15) is 30.9 Å². The summed E-state index contributed by atoms with van der Waals surface area (Å²) in [4.78, 5) is 0. The second-order valence-electron chi connectivity index (χ2n) is 4.03. The first kappa shape index (κ1) is 21.0. The maximum atomic E-state index is 12.3. The molecule has 4 nitrogen and oxygen atoms in total. The molecule has 0 saturated carbocycles. The Kier molecular flexibility index (Phi) is 6.52. The summed E-state index contributed by atoms with van der Waals surface area (Å²) in [5, 5.41) is 0. The molecule has 0 aliphatic carbocycles. The van der Waals surface area contributed by atoms with Gasteiger partial charge in [0, 0.05) is 6.07 Å². The van der Waals surface area contributed by atoms with Gasteiger partial charge in [-0.05, 0) is 13.0 Å². The van der Waals surface area contributed by atoms with Crippen molar-refractivity contribution in [1.82, 2.24) is 0 Å². The fourth-order valence-corrected chi connectivity index (χ4v) is 3.70. The summed E-state index contributed by atoms with van der Waals surface area (Å²) in [7, 11) is -6.09. The fourth-order valence-electron chi connectivity index (χ4n) is 1.49. The zero-order valence-corrected chi connectivity index (χ0v) is 14.1. The number of halogens is 6. The van der Waals surface area contributed by atoms with Crippen molar-refractivity contribution in [2.75, 3.05) is 0 Å². The van der Waals surface area contributed by atoms with Gasteiger partial charge < -0.3 is 4.55 Å². The van der Waals surface area contributed by atoms with Crippen LogP contribution in [0.5, 0.6) is 0 Å². The molecule has 0 spiro atoms. The van der Waals surface area contributed by atoms with Crippen molar-refractivity contribution < 1.29 is 43.9 Å². The van der Waals surface area contributed by atoms with E-state index in [9.17, 15) is 26.3 Å². The molecular formula is C11H9F6NO3S3. The minimum absolute atomic E-state index is 0.0408. The Bertz CT molecular complexity index is 797. The van der Waals surface area contributed by atoms with Crippen LogP contribution in [0.2, 0.25) is 0 Å². The van der Waals surface area contributed by atoms with Crippen LogP contribution >= 0.6 is 23.1 Å². The number of alkyl halides is 6. The Labute approximate surface area is 140 Å². The molecule has 13 heteroatoms. The standard InChI is InChI=1S/C10H9F3NS2.CHF3O3S/c1-2-14-7-5-3-4-6-8(7)15-9(14)16-10(11,12)13;2-1(3,4)8(5,6)7/h3-6H,2H2,1H3;(H,5,6,7)/q+1;/p-1.